The molecule has 0 bridgehead atoms. The van der Waals surface area contributed by atoms with Gasteiger partial charge in [0.2, 0.25) is 15.9 Å². The molecular formula is C7H13N5O3S. The highest BCUT2D eigenvalue weighted by Gasteiger charge is 2.26. The molecule has 0 aromatic carbocycles. The van der Waals surface area contributed by atoms with Crippen molar-refractivity contribution in [1.29, 1.82) is 0 Å². The minimum atomic E-state index is -3.82. The lowest BCUT2D eigenvalue weighted by molar-refractivity contribution is -0.118. The molecule has 0 aliphatic carbocycles. The molecule has 1 aromatic heterocycles. The van der Waals surface area contributed by atoms with Crippen LogP contribution < -0.4 is 11.5 Å². The first-order valence-electron chi connectivity index (χ1n) is 4.29. The highest BCUT2D eigenvalue weighted by atomic mass is 32.2. The van der Waals surface area contributed by atoms with Crippen LogP contribution in [0.4, 0.5) is 5.82 Å². The van der Waals surface area contributed by atoms with E-state index in [1.807, 2.05) is 0 Å². The molecule has 9 heteroatoms. The Morgan fingerprint density at radius 1 is 1.62 bits per heavy atom. The number of primary amides is 1. The molecule has 90 valence electrons. The normalized spacial score (nSPS) is 11.9. The number of hydrogen-bond donors (Lipinski definition) is 2. The summed E-state index contributed by atoms with van der Waals surface area (Å²) in [6.07, 6.45) is 1.27. The summed E-state index contributed by atoms with van der Waals surface area (Å²) in [6, 6.07) is 0. The molecule has 8 nitrogen and oxygen atoms in total. The zero-order chi connectivity index (χ0) is 12.5. The largest absolute Gasteiger partial charge is 0.381 e. The van der Waals surface area contributed by atoms with Gasteiger partial charge in [-0.3, -0.25) is 9.48 Å². The Kier molecular flexibility index (Phi) is 3.19. The minimum Gasteiger partial charge on any atom is -0.381 e. The maximum Gasteiger partial charge on any atom is 0.248 e. The number of anilines is 1. The van der Waals surface area contributed by atoms with Crippen LogP contribution in [0.15, 0.2) is 11.1 Å². The van der Waals surface area contributed by atoms with Gasteiger partial charge < -0.3 is 11.5 Å². The van der Waals surface area contributed by atoms with E-state index in [1.54, 1.807) is 7.05 Å². The van der Waals surface area contributed by atoms with Gasteiger partial charge in [0.15, 0.2) is 5.82 Å². The minimum absolute atomic E-state index is 0.112. The van der Waals surface area contributed by atoms with Crippen LogP contribution in [0.3, 0.4) is 0 Å². The number of nitrogen functional groups attached to an aromatic ring is 1. The van der Waals surface area contributed by atoms with Crippen LogP contribution in [0.25, 0.3) is 0 Å². The molecule has 1 amide bonds. The van der Waals surface area contributed by atoms with E-state index in [1.165, 1.54) is 17.9 Å². The van der Waals surface area contributed by atoms with Gasteiger partial charge in [0, 0.05) is 20.3 Å². The molecule has 0 fully saturated rings. The number of nitrogens with zero attached hydrogens (tertiary/aromatic N) is 3. The van der Waals surface area contributed by atoms with Crippen molar-refractivity contribution >= 4 is 21.7 Å². The monoisotopic (exact) mass is 247 g/mol. The zero-order valence-electron chi connectivity index (χ0n) is 8.91. The van der Waals surface area contributed by atoms with Gasteiger partial charge >= 0.3 is 0 Å². The van der Waals surface area contributed by atoms with Crippen LogP contribution in [0.5, 0.6) is 0 Å². The summed E-state index contributed by atoms with van der Waals surface area (Å²) in [5.74, 6) is -0.854. The lowest BCUT2D eigenvalue weighted by Gasteiger charge is -2.13. The molecule has 16 heavy (non-hydrogen) atoms. The van der Waals surface area contributed by atoms with Crippen molar-refractivity contribution in [3.8, 4) is 0 Å². The fourth-order valence-corrected chi connectivity index (χ4v) is 2.38. The number of carbonyl (C=O) groups excluding carboxylic acids is 1. The van der Waals surface area contributed by atoms with Crippen LogP contribution in [0.1, 0.15) is 0 Å². The smallest absolute Gasteiger partial charge is 0.248 e. The van der Waals surface area contributed by atoms with E-state index in [9.17, 15) is 13.2 Å². The average Bonchev–Trinajstić information content (AvgIpc) is 2.44. The number of hydrogen-bond acceptors (Lipinski definition) is 5. The Labute approximate surface area is 92.9 Å². The van der Waals surface area contributed by atoms with Crippen molar-refractivity contribution in [2.75, 3.05) is 19.3 Å². The second kappa shape index (κ2) is 4.10. The van der Waals surface area contributed by atoms with Crippen LogP contribution >= 0.6 is 0 Å². The van der Waals surface area contributed by atoms with Crippen LogP contribution in [0, 0.1) is 0 Å². The number of likely N-dealkylation sites (N-methyl/N-ethyl adjacent to an activating group) is 1. The predicted molar refractivity (Wildman–Crippen MR) is 56.6 cm³/mol. The highest BCUT2D eigenvalue weighted by molar-refractivity contribution is 7.89. The summed E-state index contributed by atoms with van der Waals surface area (Å²) >= 11 is 0. The van der Waals surface area contributed by atoms with E-state index >= 15 is 0 Å². The first-order valence-corrected chi connectivity index (χ1v) is 5.73. The third-order valence-electron chi connectivity index (χ3n) is 1.89. The standard InChI is InChI=1S/C7H13N5O3S/c1-11-3-5(7(9)10-11)16(14,15)12(2)4-6(8)13/h3H,4H2,1-2H3,(H2,8,13)(H2,9,10). The molecular weight excluding hydrogens is 234 g/mol. The second-order valence-corrected chi connectivity index (χ2v) is 5.29. The third-order valence-corrected chi connectivity index (χ3v) is 3.71. The summed E-state index contributed by atoms with van der Waals surface area (Å²) < 4.78 is 25.9. The zero-order valence-corrected chi connectivity index (χ0v) is 9.73. The number of rotatable bonds is 4. The summed E-state index contributed by atoms with van der Waals surface area (Å²) in [7, 11) is -1.03. The van der Waals surface area contributed by atoms with Crippen molar-refractivity contribution in [3.05, 3.63) is 6.20 Å². The number of carbonyl (C=O) groups is 1. The van der Waals surface area contributed by atoms with Gasteiger partial charge in [-0.25, -0.2) is 8.42 Å². The van der Waals surface area contributed by atoms with E-state index < -0.39 is 22.5 Å². The molecule has 0 radical (unpaired) electrons. The molecule has 1 aromatic rings. The summed E-state index contributed by atoms with van der Waals surface area (Å²) in [5.41, 5.74) is 10.4. The summed E-state index contributed by atoms with van der Waals surface area (Å²) in [6.45, 7) is -0.406. The highest BCUT2D eigenvalue weighted by Crippen LogP contribution is 2.19. The van der Waals surface area contributed by atoms with Crippen LogP contribution in [-0.4, -0.2) is 42.0 Å². The first kappa shape index (κ1) is 12.5. The van der Waals surface area contributed by atoms with E-state index in [-0.39, 0.29) is 10.7 Å². The fourth-order valence-electron chi connectivity index (χ4n) is 1.15. The second-order valence-electron chi connectivity index (χ2n) is 3.28. The van der Waals surface area contributed by atoms with Crippen molar-refractivity contribution in [3.63, 3.8) is 0 Å². The van der Waals surface area contributed by atoms with Crippen molar-refractivity contribution in [1.82, 2.24) is 14.1 Å². The molecule has 1 heterocycles. The molecule has 0 saturated carbocycles. The Morgan fingerprint density at radius 3 is 2.56 bits per heavy atom. The van der Waals surface area contributed by atoms with Crippen LogP contribution in [0.2, 0.25) is 0 Å². The number of aryl methyl sites for hydroxylation is 1. The fraction of sp³-hybridized carbons (Fsp3) is 0.429. The van der Waals surface area contributed by atoms with Gasteiger partial charge in [0.05, 0.1) is 6.54 Å². The maximum absolute atomic E-state index is 11.9. The van der Waals surface area contributed by atoms with E-state index in [0.717, 1.165) is 4.31 Å². The molecule has 0 aliphatic heterocycles. The predicted octanol–water partition coefficient (Wildman–Crippen LogP) is -1.89. The SMILES string of the molecule is CN(CC(N)=O)S(=O)(=O)c1cn(C)nc1N. The molecule has 0 spiro atoms. The molecule has 0 saturated heterocycles. The number of sulfonamides is 1. The lowest BCUT2D eigenvalue weighted by Crippen LogP contribution is -2.35. The number of aromatic nitrogens is 2. The van der Waals surface area contributed by atoms with E-state index in [0.29, 0.717) is 0 Å². The first-order chi connectivity index (χ1) is 7.25. The summed E-state index contributed by atoms with van der Waals surface area (Å²) in [5, 5.41) is 3.71. The van der Waals surface area contributed by atoms with E-state index in [2.05, 4.69) is 5.10 Å². The van der Waals surface area contributed by atoms with Gasteiger partial charge in [-0.05, 0) is 0 Å². The molecule has 0 atom stereocenters. The van der Waals surface area contributed by atoms with E-state index in [4.69, 9.17) is 11.5 Å². The Bertz CT molecular complexity index is 506. The van der Waals surface area contributed by atoms with Crippen molar-refractivity contribution < 1.29 is 13.2 Å². The molecule has 0 aliphatic rings. The third kappa shape index (κ3) is 2.31. The van der Waals surface area contributed by atoms with Crippen molar-refractivity contribution in [2.24, 2.45) is 12.8 Å². The topological polar surface area (TPSA) is 124 Å². The molecule has 0 unspecified atom stereocenters. The maximum atomic E-state index is 11.9. The molecule has 4 N–H and O–H groups in total. The Morgan fingerprint density at radius 2 is 2.19 bits per heavy atom. The van der Waals surface area contributed by atoms with Gasteiger partial charge in [-0.2, -0.15) is 9.40 Å². The summed E-state index contributed by atoms with van der Waals surface area (Å²) in [4.78, 5) is 10.5. The Hall–Kier alpha value is -1.61. The number of amides is 1. The van der Waals surface area contributed by atoms with Crippen LogP contribution in [-0.2, 0) is 21.9 Å². The lowest BCUT2D eigenvalue weighted by atomic mass is 10.6. The Balaban J connectivity index is 3.11. The molecule has 1 rings (SSSR count). The average molecular weight is 247 g/mol. The number of nitrogens with two attached hydrogens (primary N) is 2. The van der Waals surface area contributed by atoms with Gasteiger partial charge in [0.1, 0.15) is 4.90 Å². The van der Waals surface area contributed by atoms with Gasteiger partial charge in [-0.15, -0.1) is 0 Å². The van der Waals surface area contributed by atoms with Gasteiger partial charge in [0.25, 0.3) is 0 Å². The van der Waals surface area contributed by atoms with Gasteiger partial charge in [-0.1, -0.05) is 0 Å². The van der Waals surface area contributed by atoms with Crippen molar-refractivity contribution in [2.45, 2.75) is 4.90 Å². The quantitative estimate of drug-likeness (QED) is 0.643.